The Bertz CT molecular complexity index is 673. The molecule has 128 valence electrons. The Morgan fingerprint density at radius 3 is 2.43 bits per heavy atom. The van der Waals surface area contributed by atoms with E-state index in [1.807, 2.05) is 0 Å². The molecule has 0 radical (unpaired) electrons. The van der Waals surface area contributed by atoms with Crippen LogP contribution >= 0.6 is 0 Å². The molecule has 0 aliphatic rings. The van der Waals surface area contributed by atoms with Crippen molar-refractivity contribution < 1.29 is 22.7 Å². The lowest BCUT2D eigenvalue weighted by atomic mass is 10.2. The van der Waals surface area contributed by atoms with Crippen LogP contribution in [0.3, 0.4) is 0 Å². The van der Waals surface area contributed by atoms with Crippen molar-refractivity contribution in [2.24, 2.45) is 0 Å². The van der Waals surface area contributed by atoms with E-state index < -0.39 is 22.0 Å². The molecule has 0 aromatic heterocycles. The highest BCUT2D eigenvalue weighted by atomic mass is 32.2. The zero-order valence-electron chi connectivity index (χ0n) is 13.3. The molecule has 0 fully saturated rings. The van der Waals surface area contributed by atoms with Gasteiger partial charge in [-0.1, -0.05) is 6.07 Å². The molecule has 0 aliphatic carbocycles. The quantitative estimate of drug-likeness (QED) is 0.673. The average Bonchev–Trinajstić information content (AvgIpc) is 2.45. The third-order valence-corrected chi connectivity index (χ3v) is 3.95. The van der Waals surface area contributed by atoms with E-state index in [1.54, 1.807) is 19.9 Å². The zero-order chi connectivity index (χ0) is 17.5. The summed E-state index contributed by atoms with van der Waals surface area (Å²) in [7, 11) is -3.35. The standard InChI is InChI=1S/C14H21N3O5S/c1-4-22-14(19)16-8-7-15-13(18)17-12-9-11(23(3,20)21)6-5-10(12)2/h5-6,9H,4,7-8H2,1-3H3,(H,16,19)(H2,15,17,18). The molecular formula is C14H21N3O5S. The number of carbonyl (C=O) groups is 2. The monoisotopic (exact) mass is 343 g/mol. The van der Waals surface area contributed by atoms with Gasteiger partial charge >= 0.3 is 12.1 Å². The maximum absolute atomic E-state index is 11.8. The minimum absolute atomic E-state index is 0.127. The normalized spacial score (nSPS) is 10.7. The Kier molecular flexibility index (Phi) is 6.83. The van der Waals surface area contributed by atoms with Crippen LogP contribution in [0.1, 0.15) is 12.5 Å². The largest absolute Gasteiger partial charge is 0.450 e. The fraction of sp³-hybridized carbons (Fsp3) is 0.429. The molecule has 0 saturated carbocycles. The van der Waals surface area contributed by atoms with Crippen molar-refractivity contribution >= 4 is 27.6 Å². The van der Waals surface area contributed by atoms with E-state index in [2.05, 4.69) is 20.7 Å². The number of alkyl carbamates (subject to hydrolysis) is 1. The van der Waals surface area contributed by atoms with Gasteiger partial charge in [0.2, 0.25) is 0 Å². The Labute approximate surface area is 135 Å². The van der Waals surface area contributed by atoms with Crippen molar-refractivity contribution in [2.75, 3.05) is 31.3 Å². The first-order chi connectivity index (χ1) is 10.7. The summed E-state index contributed by atoms with van der Waals surface area (Å²) < 4.78 is 27.7. The third-order valence-electron chi connectivity index (χ3n) is 2.84. The molecule has 0 aliphatic heterocycles. The molecule has 3 N–H and O–H groups in total. The number of aryl methyl sites for hydroxylation is 1. The SMILES string of the molecule is CCOC(=O)NCCNC(=O)Nc1cc(S(C)(=O)=O)ccc1C. The van der Waals surface area contributed by atoms with E-state index in [-0.39, 0.29) is 24.6 Å². The molecule has 9 heteroatoms. The highest BCUT2D eigenvalue weighted by Gasteiger charge is 2.11. The number of sulfone groups is 1. The van der Waals surface area contributed by atoms with Crippen molar-refractivity contribution in [1.82, 2.24) is 10.6 Å². The number of ether oxygens (including phenoxy) is 1. The lowest BCUT2D eigenvalue weighted by molar-refractivity contribution is 0.152. The van der Waals surface area contributed by atoms with Crippen molar-refractivity contribution in [3.05, 3.63) is 23.8 Å². The first-order valence-corrected chi connectivity index (χ1v) is 8.89. The lowest BCUT2D eigenvalue weighted by Crippen LogP contribution is -2.37. The second kappa shape index (κ2) is 8.37. The second-order valence-electron chi connectivity index (χ2n) is 4.78. The Morgan fingerprint density at radius 2 is 1.83 bits per heavy atom. The van der Waals surface area contributed by atoms with Gasteiger partial charge in [0, 0.05) is 25.0 Å². The fourth-order valence-corrected chi connectivity index (χ4v) is 2.30. The lowest BCUT2D eigenvalue weighted by Gasteiger charge is -2.11. The van der Waals surface area contributed by atoms with Crippen LogP contribution in [0.15, 0.2) is 23.1 Å². The summed E-state index contributed by atoms with van der Waals surface area (Å²) in [5.41, 5.74) is 1.14. The van der Waals surface area contributed by atoms with E-state index in [1.165, 1.54) is 12.1 Å². The van der Waals surface area contributed by atoms with E-state index in [4.69, 9.17) is 0 Å². The van der Waals surface area contributed by atoms with Crippen molar-refractivity contribution in [3.8, 4) is 0 Å². The molecule has 23 heavy (non-hydrogen) atoms. The van der Waals surface area contributed by atoms with Gasteiger partial charge in [0.15, 0.2) is 9.84 Å². The second-order valence-corrected chi connectivity index (χ2v) is 6.79. The van der Waals surface area contributed by atoms with Gasteiger partial charge in [-0.25, -0.2) is 18.0 Å². The summed E-state index contributed by atoms with van der Waals surface area (Å²) in [6, 6.07) is 4.01. The van der Waals surface area contributed by atoms with Gasteiger partial charge in [0.25, 0.3) is 0 Å². The van der Waals surface area contributed by atoms with Crippen LogP contribution in [-0.4, -0.2) is 46.5 Å². The highest BCUT2D eigenvalue weighted by molar-refractivity contribution is 7.90. The van der Waals surface area contributed by atoms with Crippen LogP contribution in [0.5, 0.6) is 0 Å². The van der Waals surface area contributed by atoms with Crippen molar-refractivity contribution in [3.63, 3.8) is 0 Å². The highest BCUT2D eigenvalue weighted by Crippen LogP contribution is 2.19. The summed E-state index contributed by atoms with van der Waals surface area (Å²) in [4.78, 5) is 22.9. The molecule has 1 rings (SSSR count). The number of urea groups is 1. The van der Waals surface area contributed by atoms with Gasteiger partial charge in [0.05, 0.1) is 11.5 Å². The van der Waals surface area contributed by atoms with E-state index in [0.717, 1.165) is 11.8 Å². The third kappa shape index (κ3) is 6.55. The summed E-state index contributed by atoms with van der Waals surface area (Å²) in [5.74, 6) is 0. The Hall–Kier alpha value is -2.29. The minimum atomic E-state index is -3.35. The first kappa shape index (κ1) is 18.8. The van der Waals surface area contributed by atoms with Crippen LogP contribution in [0.25, 0.3) is 0 Å². The molecular weight excluding hydrogens is 322 g/mol. The molecule has 0 heterocycles. The number of carbonyl (C=O) groups excluding carboxylic acids is 2. The summed E-state index contributed by atoms with van der Waals surface area (Å²) in [5, 5.41) is 7.58. The molecule has 0 unspecified atom stereocenters. The summed E-state index contributed by atoms with van der Waals surface area (Å²) in [6.07, 6.45) is 0.550. The van der Waals surface area contributed by atoms with Gasteiger partial charge in [0.1, 0.15) is 0 Å². The molecule has 0 saturated heterocycles. The first-order valence-electron chi connectivity index (χ1n) is 7.00. The molecule has 0 bridgehead atoms. The van der Waals surface area contributed by atoms with Gasteiger partial charge < -0.3 is 20.7 Å². The minimum Gasteiger partial charge on any atom is -0.450 e. The molecule has 1 aromatic rings. The van der Waals surface area contributed by atoms with Crippen molar-refractivity contribution in [2.45, 2.75) is 18.7 Å². The topological polar surface area (TPSA) is 114 Å². The molecule has 0 atom stereocenters. The molecule has 1 aromatic carbocycles. The van der Waals surface area contributed by atoms with Crippen LogP contribution in [-0.2, 0) is 14.6 Å². The van der Waals surface area contributed by atoms with Crippen LogP contribution in [0.2, 0.25) is 0 Å². The molecule has 8 nitrogen and oxygen atoms in total. The maximum atomic E-state index is 11.8. The maximum Gasteiger partial charge on any atom is 0.407 e. The van der Waals surface area contributed by atoms with Crippen LogP contribution < -0.4 is 16.0 Å². The number of amides is 3. The predicted molar refractivity (Wildman–Crippen MR) is 86.3 cm³/mol. The summed E-state index contributed by atoms with van der Waals surface area (Å²) >= 11 is 0. The smallest absolute Gasteiger partial charge is 0.407 e. The van der Waals surface area contributed by atoms with Crippen LogP contribution in [0.4, 0.5) is 15.3 Å². The number of benzene rings is 1. The summed E-state index contributed by atoms with van der Waals surface area (Å²) in [6.45, 7) is 4.14. The van der Waals surface area contributed by atoms with E-state index in [9.17, 15) is 18.0 Å². The zero-order valence-corrected chi connectivity index (χ0v) is 14.1. The van der Waals surface area contributed by atoms with E-state index >= 15 is 0 Å². The average molecular weight is 343 g/mol. The van der Waals surface area contributed by atoms with Crippen LogP contribution in [0, 0.1) is 6.92 Å². The van der Waals surface area contributed by atoms with Crippen molar-refractivity contribution in [1.29, 1.82) is 0 Å². The Balaban J connectivity index is 2.53. The number of anilines is 1. The molecule has 0 spiro atoms. The van der Waals surface area contributed by atoms with Gasteiger partial charge in [-0.3, -0.25) is 0 Å². The fourth-order valence-electron chi connectivity index (χ4n) is 1.66. The van der Waals surface area contributed by atoms with E-state index in [0.29, 0.717) is 5.69 Å². The number of rotatable bonds is 6. The Morgan fingerprint density at radius 1 is 1.17 bits per heavy atom. The number of nitrogens with one attached hydrogen (secondary N) is 3. The number of hydrogen-bond donors (Lipinski definition) is 3. The van der Waals surface area contributed by atoms with Gasteiger partial charge in [-0.2, -0.15) is 0 Å². The van der Waals surface area contributed by atoms with Gasteiger partial charge in [-0.05, 0) is 31.5 Å². The molecule has 3 amide bonds. The number of hydrogen-bond acceptors (Lipinski definition) is 5. The van der Waals surface area contributed by atoms with Gasteiger partial charge in [-0.15, -0.1) is 0 Å². The predicted octanol–water partition coefficient (Wildman–Crippen LogP) is 1.27.